The molecule has 10 nitrogen and oxygen atoms in total. The average Bonchev–Trinajstić information content (AvgIpc) is 3.50. The monoisotopic (exact) mass is 418 g/mol. The molecule has 4 heterocycles. The smallest absolute Gasteiger partial charge is 0.269 e. The molecule has 0 aliphatic carbocycles. The van der Waals surface area contributed by atoms with Gasteiger partial charge in [-0.25, -0.2) is 9.97 Å². The molecule has 4 N–H and O–H groups in total. The molecule has 10 heteroatoms. The normalized spacial score (nSPS) is 18.8. The van der Waals surface area contributed by atoms with Gasteiger partial charge in [0.1, 0.15) is 11.2 Å². The van der Waals surface area contributed by atoms with Gasteiger partial charge < -0.3 is 25.2 Å². The van der Waals surface area contributed by atoms with Crippen LogP contribution in [0.2, 0.25) is 0 Å². The van der Waals surface area contributed by atoms with Crippen LogP contribution in [0.4, 0.5) is 0 Å². The van der Waals surface area contributed by atoms with E-state index in [1.807, 2.05) is 24.3 Å². The molecule has 31 heavy (non-hydrogen) atoms. The molecule has 1 aliphatic rings. The summed E-state index contributed by atoms with van der Waals surface area (Å²) in [5.74, 6) is -0.981. The van der Waals surface area contributed by atoms with Gasteiger partial charge in [-0.3, -0.25) is 9.59 Å². The number of benzene rings is 1. The van der Waals surface area contributed by atoms with E-state index in [4.69, 9.17) is 10.3 Å². The highest BCUT2D eigenvalue weighted by Crippen LogP contribution is 2.35. The minimum absolute atomic E-state index is 0.0777. The molecule has 0 radical (unpaired) electrons. The number of nitrogens with one attached hydrogen (secondary N) is 1. The summed E-state index contributed by atoms with van der Waals surface area (Å²) >= 11 is 0. The molecule has 0 unspecified atom stereocenters. The summed E-state index contributed by atoms with van der Waals surface area (Å²) in [6, 6.07) is 10.6. The minimum atomic E-state index is -1.71. The van der Waals surface area contributed by atoms with Gasteiger partial charge in [0.05, 0.1) is 17.5 Å². The predicted molar refractivity (Wildman–Crippen MR) is 109 cm³/mol. The van der Waals surface area contributed by atoms with Crippen LogP contribution in [0.25, 0.3) is 33.5 Å². The largest absolute Gasteiger partial charge is 0.373 e. The Balaban J connectivity index is 1.54. The molecule has 1 fully saturated rings. The lowest BCUT2D eigenvalue weighted by molar-refractivity contribution is -0.144. The quantitative estimate of drug-likeness (QED) is 0.453. The summed E-state index contributed by atoms with van der Waals surface area (Å²) in [5, 5.41) is 14.8. The minimum Gasteiger partial charge on any atom is -0.373 e. The van der Waals surface area contributed by atoms with Gasteiger partial charge in [-0.2, -0.15) is 0 Å². The molecule has 5 rings (SSSR count). The molecular formula is C21H18N6O4. The van der Waals surface area contributed by atoms with Crippen molar-refractivity contribution in [2.75, 3.05) is 13.6 Å². The fourth-order valence-electron chi connectivity index (χ4n) is 3.79. The van der Waals surface area contributed by atoms with E-state index >= 15 is 0 Å². The van der Waals surface area contributed by atoms with Crippen LogP contribution in [0, 0.1) is 0 Å². The molecule has 0 spiro atoms. The molecule has 4 aromatic rings. The number of hydrogen-bond donors (Lipinski definition) is 3. The Bertz CT molecular complexity index is 1340. The van der Waals surface area contributed by atoms with Gasteiger partial charge >= 0.3 is 0 Å². The number of nitrogens with two attached hydrogens (primary N) is 1. The first-order valence-corrected chi connectivity index (χ1v) is 9.57. The Kier molecular flexibility index (Phi) is 4.12. The Morgan fingerprint density at radius 3 is 2.74 bits per heavy atom. The Hall–Kier alpha value is -4.05. The number of nitrogens with zero attached hydrogens (tertiary/aromatic N) is 4. The number of likely N-dealkylation sites (N-methyl/N-ethyl adjacent to an activating group) is 1. The van der Waals surface area contributed by atoms with E-state index in [0.717, 1.165) is 5.56 Å². The van der Waals surface area contributed by atoms with Crippen molar-refractivity contribution < 1.29 is 19.2 Å². The maximum absolute atomic E-state index is 12.3. The van der Waals surface area contributed by atoms with E-state index < -0.39 is 17.4 Å². The first-order chi connectivity index (χ1) is 14.9. The van der Waals surface area contributed by atoms with Crippen LogP contribution in [-0.2, 0) is 10.4 Å². The zero-order chi connectivity index (χ0) is 21.8. The number of likely N-dealkylation sites (tertiary alicyclic amines) is 1. The van der Waals surface area contributed by atoms with Crippen molar-refractivity contribution in [2.24, 2.45) is 5.73 Å². The van der Waals surface area contributed by atoms with Crippen molar-refractivity contribution in [3.63, 3.8) is 0 Å². The summed E-state index contributed by atoms with van der Waals surface area (Å²) < 4.78 is 5.33. The fraction of sp³-hybridized carbons (Fsp3) is 0.190. The highest BCUT2D eigenvalue weighted by molar-refractivity contribution is 6.03. The third-order valence-electron chi connectivity index (χ3n) is 5.52. The third-order valence-corrected chi connectivity index (χ3v) is 5.52. The van der Waals surface area contributed by atoms with Crippen LogP contribution in [0.5, 0.6) is 0 Å². The topological polar surface area (TPSA) is 151 Å². The number of fused-ring (bicyclic) bond motifs is 1. The molecule has 0 bridgehead atoms. The van der Waals surface area contributed by atoms with Crippen LogP contribution in [0.3, 0.4) is 0 Å². The molecule has 1 aliphatic heterocycles. The molecule has 156 valence electrons. The van der Waals surface area contributed by atoms with Gasteiger partial charge in [-0.1, -0.05) is 23.4 Å². The van der Waals surface area contributed by atoms with Gasteiger partial charge in [0.2, 0.25) is 5.60 Å². The van der Waals surface area contributed by atoms with Crippen LogP contribution < -0.4 is 5.73 Å². The van der Waals surface area contributed by atoms with Crippen molar-refractivity contribution in [2.45, 2.75) is 12.0 Å². The number of aromatic nitrogens is 4. The second-order valence-corrected chi connectivity index (χ2v) is 7.51. The molecule has 2 amide bonds. The van der Waals surface area contributed by atoms with Gasteiger partial charge in [-0.05, 0) is 12.1 Å². The molecule has 1 atom stereocenters. The first-order valence-electron chi connectivity index (χ1n) is 9.57. The summed E-state index contributed by atoms with van der Waals surface area (Å²) in [6.45, 7) is 0.435. The lowest BCUT2D eigenvalue weighted by atomic mass is 9.97. The Morgan fingerprint density at radius 1 is 1.26 bits per heavy atom. The van der Waals surface area contributed by atoms with Crippen molar-refractivity contribution >= 4 is 22.8 Å². The lowest BCUT2D eigenvalue weighted by Crippen LogP contribution is -2.35. The zero-order valence-corrected chi connectivity index (χ0v) is 16.5. The number of primary amides is 1. The van der Waals surface area contributed by atoms with Gasteiger partial charge in [-0.15, -0.1) is 0 Å². The molecular weight excluding hydrogens is 400 g/mol. The average molecular weight is 418 g/mol. The number of aliphatic hydroxyl groups is 1. The summed E-state index contributed by atoms with van der Waals surface area (Å²) in [7, 11) is 1.63. The van der Waals surface area contributed by atoms with E-state index in [-0.39, 0.29) is 17.9 Å². The SMILES string of the molecule is CN1CC[C@@](O)(c2cc(-c3cccc(-c4cc5[nH]cnc5c(C(N)=O)n4)c3)no2)C1=O. The van der Waals surface area contributed by atoms with Gasteiger partial charge in [0.25, 0.3) is 11.8 Å². The summed E-state index contributed by atoms with van der Waals surface area (Å²) in [5.41, 5.74) is 7.30. The fourth-order valence-corrected chi connectivity index (χ4v) is 3.79. The first kappa shape index (κ1) is 18.9. The number of H-pyrrole nitrogens is 1. The summed E-state index contributed by atoms with van der Waals surface area (Å²) in [4.78, 5) is 37.0. The lowest BCUT2D eigenvalue weighted by Gasteiger charge is -2.16. The number of amides is 2. The molecule has 1 aromatic carbocycles. The second-order valence-electron chi connectivity index (χ2n) is 7.51. The number of aromatic amines is 1. The van der Waals surface area contributed by atoms with Crippen molar-refractivity contribution in [1.82, 2.24) is 25.0 Å². The second kappa shape index (κ2) is 6.74. The van der Waals surface area contributed by atoms with Gasteiger partial charge in [0.15, 0.2) is 11.5 Å². The van der Waals surface area contributed by atoms with Crippen LogP contribution in [0.1, 0.15) is 22.7 Å². The standard InChI is InChI=1S/C21H18N6O4/c1-27-6-5-21(30,20(27)29)16-9-14(26-31-16)12-4-2-3-11(7-12)13-8-15-17(24-10-23-15)18(25-13)19(22)28/h2-4,7-10,30H,5-6H2,1H3,(H2,22,28)(H,23,24)/t21-/m1/s1. The third kappa shape index (κ3) is 2.96. The van der Waals surface area contributed by atoms with E-state index in [1.54, 1.807) is 19.2 Å². The van der Waals surface area contributed by atoms with Crippen LogP contribution in [0.15, 0.2) is 47.2 Å². The van der Waals surface area contributed by atoms with E-state index in [9.17, 15) is 14.7 Å². The Labute approximate surface area is 175 Å². The maximum atomic E-state index is 12.3. The van der Waals surface area contributed by atoms with Crippen LogP contribution in [-0.4, -0.2) is 55.5 Å². The molecule has 3 aromatic heterocycles. The highest BCUT2D eigenvalue weighted by Gasteiger charge is 2.48. The number of carbonyl (C=O) groups excluding carboxylic acids is 2. The predicted octanol–water partition coefficient (Wildman–Crippen LogP) is 1.43. The zero-order valence-electron chi connectivity index (χ0n) is 16.5. The number of carbonyl (C=O) groups is 2. The van der Waals surface area contributed by atoms with Gasteiger partial charge in [0, 0.05) is 37.2 Å². The summed E-state index contributed by atoms with van der Waals surface area (Å²) in [6.07, 6.45) is 1.71. The highest BCUT2D eigenvalue weighted by atomic mass is 16.5. The van der Waals surface area contributed by atoms with Crippen molar-refractivity contribution in [1.29, 1.82) is 0 Å². The van der Waals surface area contributed by atoms with Crippen LogP contribution >= 0.6 is 0 Å². The van der Waals surface area contributed by atoms with E-state index in [0.29, 0.717) is 34.5 Å². The Morgan fingerprint density at radius 2 is 2.03 bits per heavy atom. The molecule has 1 saturated heterocycles. The maximum Gasteiger partial charge on any atom is 0.269 e. The molecule has 0 saturated carbocycles. The van der Waals surface area contributed by atoms with Crippen molar-refractivity contribution in [3.05, 3.63) is 54.2 Å². The van der Waals surface area contributed by atoms with E-state index in [1.165, 1.54) is 11.2 Å². The number of rotatable bonds is 4. The number of hydrogen-bond acceptors (Lipinski definition) is 7. The number of imidazole rings is 1. The van der Waals surface area contributed by atoms with Crippen molar-refractivity contribution in [3.8, 4) is 22.5 Å². The number of pyridine rings is 1. The van der Waals surface area contributed by atoms with E-state index in [2.05, 4.69) is 20.1 Å².